The summed E-state index contributed by atoms with van der Waals surface area (Å²) >= 11 is 1.14. The minimum absolute atomic E-state index is 0.00987. The Balaban J connectivity index is 1.56. The van der Waals surface area contributed by atoms with Crippen LogP contribution in [0.2, 0.25) is 0 Å². The van der Waals surface area contributed by atoms with Crippen molar-refractivity contribution in [3.8, 4) is 0 Å². The summed E-state index contributed by atoms with van der Waals surface area (Å²) in [4.78, 5) is 29.7. The van der Waals surface area contributed by atoms with Crippen molar-refractivity contribution >= 4 is 29.0 Å². The van der Waals surface area contributed by atoms with Gasteiger partial charge in [-0.25, -0.2) is 0 Å². The lowest BCUT2D eigenvalue weighted by atomic mass is 10.1. The van der Waals surface area contributed by atoms with E-state index in [2.05, 4.69) is 19.8 Å². The molecule has 0 bridgehead atoms. The predicted octanol–water partition coefficient (Wildman–Crippen LogP) is 2.25. The van der Waals surface area contributed by atoms with Gasteiger partial charge in [0.1, 0.15) is 4.88 Å². The molecule has 0 saturated carbocycles. The molecule has 8 heteroatoms. The van der Waals surface area contributed by atoms with Gasteiger partial charge in [-0.3, -0.25) is 14.5 Å². The normalized spacial score (nSPS) is 15.4. The highest BCUT2D eigenvalue weighted by atomic mass is 32.1. The molecule has 144 valence electrons. The summed E-state index contributed by atoms with van der Waals surface area (Å²) in [5, 5.41) is 6.96. The lowest BCUT2D eigenvalue weighted by molar-refractivity contribution is -0.117. The van der Waals surface area contributed by atoms with E-state index in [4.69, 9.17) is 0 Å². The zero-order chi connectivity index (χ0) is 19.4. The Labute approximate surface area is 163 Å². The van der Waals surface area contributed by atoms with E-state index in [1.165, 1.54) is 0 Å². The summed E-state index contributed by atoms with van der Waals surface area (Å²) in [7, 11) is 0. The highest BCUT2D eigenvalue weighted by molar-refractivity contribution is 7.07. The van der Waals surface area contributed by atoms with Crippen LogP contribution >= 0.6 is 11.5 Å². The standard InChI is InChI=1S/C19H25N5O2S/c1-13-6-4-7-14(2)17(13)20-16(25)12-23-8-5-9-24(11-10-23)19(26)18-15(3)21-22-27-18/h4,6-7H,5,8-12H2,1-3H3,(H,20,25). The van der Waals surface area contributed by atoms with Gasteiger partial charge in [-0.15, -0.1) is 5.10 Å². The number of carbonyl (C=O) groups excluding carboxylic acids is 2. The Hall–Kier alpha value is -2.32. The quantitative estimate of drug-likeness (QED) is 0.871. The molecule has 0 aliphatic carbocycles. The van der Waals surface area contributed by atoms with Gasteiger partial charge in [-0.05, 0) is 49.9 Å². The average Bonchev–Trinajstić information content (AvgIpc) is 2.92. The van der Waals surface area contributed by atoms with Crippen molar-refractivity contribution in [2.24, 2.45) is 0 Å². The second-order valence-electron chi connectivity index (χ2n) is 6.92. The largest absolute Gasteiger partial charge is 0.337 e. The van der Waals surface area contributed by atoms with Crippen molar-refractivity contribution in [3.05, 3.63) is 39.9 Å². The van der Waals surface area contributed by atoms with Crippen LogP contribution in [-0.4, -0.2) is 63.9 Å². The molecule has 27 heavy (non-hydrogen) atoms. The third kappa shape index (κ3) is 4.70. The van der Waals surface area contributed by atoms with Gasteiger partial charge >= 0.3 is 0 Å². The molecule has 1 saturated heterocycles. The summed E-state index contributed by atoms with van der Waals surface area (Å²) < 4.78 is 3.85. The second kappa shape index (κ2) is 8.58. The molecule has 1 aromatic carbocycles. The van der Waals surface area contributed by atoms with E-state index in [0.717, 1.165) is 41.3 Å². The molecule has 2 heterocycles. The summed E-state index contributed by atoms with van der Waals surface area (Å²) in [6.07, 6.45) is 0.841. The van der Waals surface area contributed by atoms with Crippen LogP contribution in [0.25, 0.3) is 0 Å². The fourth-order valence-corrected chi connectivity index (χ4v) is 3.92. The minimum Gasteiger partial charge on any atom is -0.337 e. The monoisotopic (exact) mass is 387 g/mol. The molecular weight excluding hydrogens is 362 g/mol. The van der Waals surface area contributed by atoms with Crippen molar-refractivity contribution in [2.75, 3.05) is 38.0 Å². The SMILES string of the molecule is Cc1cccc(C)c1NC(=O)CN1CCCN(C(=O)c2snnc2C)CC1. The summed E-state index contributed by atoms with van der Waals surface area (Å²) in [5.74, 6) is -0.0287. The van der Waals surface area contributed by atoms with Gasteiger partial charge in [0.15, 0.2) is 0 Å². The third-order valence-corrected chi connectivity index (χ3v) is 5.65. The van der Waals surface area contributed by atoms with Crippen LogP contribution in [0, 0.1) is 20.8 Å². The highest BCUT2D eigenvalue weighted by Crippen LogP contribution is 2.19. The minimum atomic E-state index is -0.0188. The van der Waals surface area contributed by atoms with Crippen molar-refractivity contribution < 1.29 is 9.59 Å². The van der Waals surface area contributed by atoms with Crippen molar-refractivity contribution in [1.82, 2.24) is 19.4 Å². The fourth-order valence-electron chi connectivity index (χ4n) is 3.30. The molecule has 1 N–H and O–H groups in total. The van der Waals surface area contributed by atoms with Gasteiger partial charge in [0.05, 0.1) is 12.2 Å². The van der Waals surface area contributed by atoms with E-state index in [9.17, 15) is 9.59 Å². The first-order valence-corrected chi connectivity index (χ1v) is 9.89. The first-order chi connectivity index (χ1) is 13.0. The molecule has 1 fully saturated rings. The maximum absolute atomic E-state index is 12.6. The van der Waals surface area contributed by atoms with Crippen LogP contribution in [0.5, 0.6) is 0 Å². The molecular formula is C19H25N5O2S. The third-order valence-electron chi connectivity index (χ3n) is 4.83. The predicted molar refractivity (Wildman–Crippen MR) is 106 cm³/mol. The molecule has 0 unspecified atom stereocenters. The maximum atomic E-state index is 12.6. The molecule has 1 aromatic heterocycles. The van der Waals surface area contributed by atoms with E-state index in [1.54, 1.807) is 6.92 Å². The van der Waals surface area contributed by atoms with Crippen LogP contribution in [0.3, 0.4) is 0 Å². The number of nitrogens with one attached hydrogen (secondary N) is 1. The maximum Gasteiger partial charge on any atom is 0.267 e. The van der Waals surface area contributed by atoms with Gasteiger partial charge in [-0.2, -0.15) is 0 Å². The van der Waals surface area contributed by atoms with Gasteiger partial charge < -0.3 is 10.2 Å². The van der Waals surface area contributed by atoms with Crippen LogP contribution in [0.15, 0.2) is 18.2 Å². The summed E-state index contributed by atoms with van der Waals surface area (Å²) in [6, 6.07) is 5.98. The van der Waals surface area contributed by atoms with Crippen LogP contribution in [0.4, 0.5) is 5.69 Å². The average molecular weight is 388 g/mol. The molecule has 0 atom stereocenters. The zero-order valence-corrected chi connectivity index (χ0v) is 16.8. The molecule has 0 spiro atoms. The number of aryl methyl sites for hydroxylation is 3. The number of para-hydroxylation sites is 1. The lowest BCUT2D eigenvalue weighted by Gasteiger charge is -2.21. The van der Waals surface area contributed by atoms with Gasteiger partial charge in [-0.1, -0.05) is 22.7 Å². The Kier molecular flexibility index (Phi) is 6.18. The van der Waals surface area contributed by atoms with E-state index < -0.39 is 0 Å². The first kappa shape index (κ1) is 19.4. The van der Waals surface area contributed by atoms with Gasteiger partial charge in [0.25, 0.3) is 5.91 Å². The second-order valence-corrected chi connectivity index (χ2v) is 7.68. The van der Waals surface area contributed by atoms with Crippen molar-refractivity contribution in [1.29, 1.82) is 0 Å². The zero-order valence-electron chi connectivity index (χ0n) is 16.0. The number of benzene rings is 1. The molecule has 0 radical (unpaired) electrons. The topological polar surface area (TPSA) is 78.4 Å². The van der Waals surface area contributed by atoms with E-state index in [-0.39, 0.29) is 11.8 Å². The summed E-state index contributed by atoms with van der Waals surface area (Å²) in [5.41, 5.74) is 3.69. The molecule has 7 nitrogen and oxygen atoms in total. The van der Waals surface area contributed by atoms with Crippen molar-refractivity contribution in [2.45, 2.75) is 27.2 Å². The molecule has 3 rings (SSSR count). The van der Waals surface area contributed by atoms with Gasteiger partial charge in [0, 0.05) is 31.9 Å². The Morgan fingerprint density at radius 2 is 1.85 bits per heavy atom. The highest BCUT2D eigenvalue weighted by Gasteiger charge is 2.24. The number of nitrogens with zero attached hydrogens (tertiary/aromatic N) is 4. The molecule has 1 aliphatic rings. The molecule has 2 aromatic rings. The van der Waals surface area contributed by atoms with E-state index >= 15 is 0 Å². The van der Waals surface area contributed by atoms with Crippen LogP contribution < -0.4 is 5.32 Å². The molecule has 1 aliphatic heterocycles. The number of hydrogen-bond donors (Lipinski definition) is 1. The smallest absolute Gasteiger partial charge is 0.267 e. The van der Waals surface area contributed by atoms with Crippen molar-refractivity contribution in [3.63, 3.8) is 0 Å². The Bertz CT molecular complexity index is 815. The van der Waals surface area contributed by atoms with Crippen LogP contribution in [0.1, 0.15) is 32.9 Å². The number of hydrogen-bond acceptors (Lipinski definition) is 6. The lowest BCUT2D eigenvalue weighted by Crippen LogP contribution is -2.38. The van der Waals surface area contributed by atoms with Gasteiger partial charge in [0.2, 0.25) is 5.91 Å². The number of rotatable bonds is 4. The van der Waals surface area contributed by atoms with E-state index in [0.29, 0.717) is 36.8 Å². The number of anilines is 1. The Morgan fingerprint density at radius 1 is 1.11 bits per heavy atom. The first-order valence-electron chi connectivity index (χ1n) is 9.12. The number of carbonyl (C=O) groups is 2. The number of aromatic nitrogens is 2. The number of amides is 2. The van der Waals surface area contributed by atoms with Crippen LogP contribution in [-0.2, 0) is 4.79 Å². The Morgan fingerprint density at radius 3 is 2.52 bits per heavy atom. The molecule has 2 amide bonds. The fraction of sp³-hybridized carbons (Fsp3) is 0.474. The van der Waals surface area contributed by atoms with E-state index in [1.807, 2.05) is 36.9 Å². The summed E-state index contributed by atoms with van der Waals surface area (Å²) in [6.45, 7) is 8.89.